The molecular formula is C30H44N6O6. The van der Waals surface area contributed by atoms with Crippen molar-refractivity contribution in [3.8, 4) is 0 Å². The third-order valence-electron chi connectivity index (χ3n) is 8.77. The number of primary amides is 1. The van der Waals surface area contributed by atoms with Crippen LogP contribution in [0.5, 0.6) is 0 Å². The van der Waals surface area contributed by atoms with Gasteiger partial charge in [0.15, 0.2) is 0 Å². The molecule has 12 nitrogen and oxygen atoms in total. The number of nitrogens with two attached hydrogens (primary N) is 2. The lowest BCUT2D eigenvalue weighted by Gasteiger charge is -2.35. The van der Waals surface area contributed by atoms with Gasteiger partial charge in [0.2, 0.25) is 23.6 Å². The van der Waals surface area contributed by atoms with Crippen LogP contribution >= 0.6 is 0 Å². The highest BCUT2D eigenvalue weighted by Gasteiger charge is 2.51. The number of carbonyl (C=O) groups is 4. The molecule has 1 aliphatic carbocycles. The van der Waals surface area contributed by atoms with Crippen LogP contribution in [0.25, 0.3) is 10.9 Å². The average molecular weight is 585 g/mol. The molecular weight excluding hydrogens is 540 g/mol. The van der Waals surface area contributed by atoms with Crippen molar-refractivity contribution in [3.63, 3.8) is 0 Å². The molecule has 1 saturated heterocycles. The summed E-state index contributed by atoms with van der Waals surface area (Å²) >= 11 is 0. The Morgan fingerprint density at radius 3 is 2.45 bits per heavy atom. The summed E-state index contributed by atoms with van der Waals surface area (Å²) in [5.74, 6) is -2.63. The fraction of sp³-hybridized carbons (Fsp3) is 0.600. The molecule has 3 unspecified atom stereocenters. The normalized spacial score (nSPS) is 24.0. The molecule has 4 rings (SSSR count). The summed E-state index contributed by atoms with van der Waals surface area (Å²) in [4.78, 5) is 57.7. The standard InChI is InChI=1S/C30H44N6O6/c1-15(37)23(26(32)39)35-27(40)21(12-17-13-33-20-11-6-5-9-18(17)20)34-28(41)24-19-10-7-8-16(19)14-36(24)29(42)22(31)25(38)30(2,3)4/h5-6,9,11,13,15-16,19,21-25,33,37-38H,7-8,10,12,14,31H2,1-4H3,(H2,32,39)(H,34,41)(H,35,40)/t15-,16?,19?,21+,22+,23?,24+,25-/m1/s1. The summed E-state index contributed by atoms with van der Waals surface area (Å²) in [6, 6.07) is 2.92. The van der Waals surface area contributed by atoms with Gasteiger partial charge in [-0.2, -0.15) is 0 Å². The highest BCUT2D eigenvalue weighted by atomic mass is 16.3. The van der Waals surface area contributed by atoms with Crippen molar-refractivity contribution in [1.82, 2.24) is 20.5 Å². The number of H-pyrrole nitrogens is 1. The number of nitrogens with zero attached hydrogens (tertiary/aromatic N) is 1. The first-order valence-corrected chi connectivity index (χ1v) is 14.6. The molecule has 2 aromatic rings. The van der Waals surface area contributed by atoms with Gasteiger partial charge < -0.3 is 42.2 Å². The molecule has 12 heteroatoms. The van der Waals surface area contributed by atoms with Crippen molar-refractivity contribution in [2.75, 3.05) is 6.54 Å². The van der Waals surface area contributed by atoms with Crippen LogP contribution in [0.1, 0.15) is 52.5 Å². The second-order valence-electron chi connectivity index (χ2n) is 12.9. The number of para-hydroxylation sites is 1. The van der Waals surface area contributed by atoms with E-state index >= 15 is 0 Å². The molecule has 230 valence electrons. The minimum Gasteiger partial charge on any atom is -0.391 e. The van der Waals surface area contributed by atoms with E-state index in [0.717, 1.165) is 35.7 Å². The minimum atomic E-state index is -1.36. The zero-order valence-corrected chi connectivity index (χ0v) is 24.7. The lowest BCUT2D eigenvalue weighted by molar-refractivity contribution is -0.144. The summed E-state index contributed by atoms with van der Waals surface area (Å²) in [5, 5.41) is 27.0. The molecule has 9 N–H and O–H groups in total. The highest BCUT2D eigenvalue weighted by Crippen LogP contribution is 2.43. The van der Waals surface area contributed by atoms with Crippen LogP contribution in [0.2, 0.25) is 0 Å². The van der Waals surface area contributed by atoms with Gasteiger partial charge in [-0.3, -0.25) is 19.2 Å². The highest BCUT2D eigenvalue weighted by molar-refractivity contribution is 5.96. The molecule has 1 aromatic carbocycles. The second-order valence-corrected chi connectivity index (χ2v) is 12.9. The first kappa shape index (κ1) is 31.5. The molecule has 1 saturated carbocycles. The number of aromatic amines is 1. The molecule has 2 heterocycles. The number of amides is 4. The van der Waals surface area contributed by atoms with Crippen LogP contribution in [0, 0.1) is 17.3 Å². The SMILES string of the molecule is C[C@@H](O)C(NC(=O)[C@H](Cc1c[nH]c2ccccc12)NC(=O)[C@@H]1C2CCCC2CN1C(=O)[C@@H](N)[C@@H](O)C(C)(C)C)C(N)=O. The van der Waals surface area contributed by atoms with E-state index in [1.807, 2.05) is 24.3 Å². The minimum absolute atomic E-state index is 0.0733. The monoisotopic (exact) mass is 584 g/mol. The number of rotatable bonds is 10. The van der Waals surface area contributed by atoms with Crippen molar-refractivity contribution in [2.24, 2.45) is 28.7 Å². The van der Waals surface area contributed by atoms with Crippen molar-refractivity contribution < 1.29 is 29.4 Å². The number of nitrogens with one attached hydrogen (secondary N) is 3. The lowest BCUT2D eigenvalue weighted by atomic mass is 9.84. The topological polar surface area (TPSA) is 204 Å². The fourth-order valence-electron chi connectivity index (χ4n) is 6.40. The van der Waals surface area contributed by atoms with Crippen molar-refractivity contribution in [1.29, 1.82) is 0 Å². The van der Waals surface area contributed by atoms with E-state index in [1.165, 1.54) is 11.8 Å². The van der Waals surface area contributed by atoms with Crippen LogP contribution in [-0.4, -0.2) is 86.6 Å². The van der Waals surface area contributed by atoms with Crippen LogP contribution in [0.3, 0.4) is 0 Å². The van der Waals surface area contributed by atoms with E-state index < -0.39 is 65.4 Å². The van der Waals surface area contributed by atoms with Crippen LogP contribution in [0.4, 0.5) is 0 Å². The van der Waals surface area contributed by atoms with Gasteiger partial charge in [0.05, 0.1) is 12.2 Å². The maximum absolute atomic E-state index is 14.0. The average Bonchev–Trinajstić information content (AvgIpc) is 3.63. The van der Waals surface area contributed by atoms with E-state index in [1.54, 1.807) is 27.0 Å². The molecule has 0 radical (unpaired) electrons. The van der Waals surface area contributed by atoms with Crippen LogP contribution < -0.4 is 22.1 Å². The second kappa shape index (κ2) is 12.4. The quantitative estimate of drug-likeness (QED) is 0.202. The predicted octanol–water partition coefficient (Wildman–Crippen LogP) is -0.0925. The Balaban J connectivity index is 1.62. The van der Waals surface area contributed by atoms with Crippen LogP contribution in [-0.2, 0) is 25.6 Å². The van der Waals surface area contributed by atoms with Gasteiger partial charge in [-0.15, -0.1) is 0 Å². The smallest absolute Gasteiger partial charge is 0.243 e. The van der Waals surface area contributed by atoms with Crippen molar-refractivity contribution >= 4 is 34.5 Å². The Kier molecular flexibility index (Phi) is 9.29. The molecule has 0 spiro atoms. The zero-order valence-electron chi connectivity index (χ0n) is 24.7. The van der Waals surface area contributed by atoms with E-state index in [4.69, 9.17) is 11.5 Å². The van der Waals surface area contributed by atoms with Crippen LogP contribution in [0.15, 0.2) is 30.5 Å². The van der Waals surface area contributed by atoms with Gasteiger partial charge in [0, 0.05) is 30.1 Å². The predicted molar refractivity (Wildman–Crippen MR) is 157 cm³/mol. The number of hydrogen-bond acceptors (Lipinski definition) is 7. The summed E-state index contributed by atoms with van der Waals surface area (Å²) in [6.45, 7) is 7.04. The van der Waals surface area contributed by atoms with Gasteiger partial charge in [0.1, 0.15) is 24.2 Å². The third kappa shape index (κ3) is 6.45. The van der Waals surface area contributed by atoms with E-state index in [2.05, 4.69) is 15.6 Å². The Morgan fingerprint density at radius 2 is 1.81 bits per heavy atom. The summed E-state index contributed by atoms with van der Waals surface area (Å²) in [7, 11) is 0. The van der Waals surface area contributed by atoms with Gasteiger partial charge in [-0.1, -0.05) is 45.4 Å². The fourth-order valence-corrected chi connectivity index (χ4v) is 6.40. The largest absolute Gasteiger partial charge is 0.391 e. The molecule has 2 aliphatic rings. The number of likely N-dealkylation sites (tertiary alicyclic amines) is 1. The summed E-state index contributed by atoms with van der Waals surface area (Å²) in [5.41, 5.74) is 12.6. The number of hydrogen-bond donors (Lipinski definition) is 7. The number of aliphatic hydroxyl groups excluding tert-OH is 2. The van der Waals surface area contributed by atoms with Gasteiger partial charge in [-0.05, 0) is 48.6 Å². The summed E-state index contributed by atoms with van der Waals surface area (Å²) < 4.78 is 0. The van der Waals surface area contributed by atoms with E-state index in [-0.39, 0.29) is 18.3 Å². The first-order valence-electron chi connectivity index (χ1n) is 14.6. The van der Waals surface area contributed by atoms with Gasteiger partial charge in [-0.25, -0.2) is 0 Å². The molecule has 2 fully saturated rings. The number of fused-ring (bicyclic) bond motifs is 2. The van der Waals surface area contributed by atoms with Crippen molar-refractivity contribution in [3.05, 3.63) is 36.0 Å². The number of aromatic nitrogens is 1. The molecule has 4 amide bonds. The molecule has 42 heavy (non-hydrogen) atoms. The Hall–Kier alpha value is -3.48. The molecule has 1 aromatic heterocycles. The van der Waals surface area contributed by atoms with Crippen molar-refractivity contribution in [2.45, 2.75) is 89.8 Å². The maximum atomic E-state index is 14.0. The summed E-state index contributed by atoms with van der Waals surface area (Å²) in [6.07, 6.45) is 1.98. The maximum Gasteiger partial charge on any atom is 0.243 e. The van der Waals surface area contributed by atoms with E-state index in [0.29, 0.717) is 6.54 Å². The molecule has 0 bridgehead atoms. The number of aliphatic hydroxyl groups is 2. The Labute approximate surface area is 245 Å². The van der Waals surface area contributed by atoms with Gasteiger partial charge >= 0.3 is 0 Å². The Morgan fingerprint density at radius 1 is 1.12 bits per heavy atom. The Bertz CT molecular complexity index is 1320. The van der Waals surface area contributed by atoms with E-state index in [9.17, 15) is 29.4 Å². The third-order valence-corrected chi connectivity index (χ3v) is 8.77. The zero-order chi connectivity index (χ0) is 30.9. The molecule has 8 atom stereocenters. The number of benzene rings is 1. The first-order chi connectivity index (χ1) is 19.7. The van der Waals surface area contributed by atoms with Gasteiger partial charge in [0.25, 0.3) is 0 Å². The number of carbonyl (C=O) groups excluding carboxylic acids is 4. The molecule has 1 aliphatic heterocycles. The lowest BCUT2D eigenvalue weighted by Crippen LogP contribution is -2.61.